The molecular formula is C13H18N2O2. The third-order valence-corrected chi connectivity index (χ3v) is 3.21. The number of methoxy groups -OCH3 is 1. The van der Waals surface area contributed by atoms with Gasteiger partial charge >= 0.3 is 0 Å². The number of ether oxygens (including phenoxy) is 1. The van der Waals surface area contributed by atoms with Crippen LogP contribution in [0.3, 0.4) is 0 Å². The summed E-state index contributed by atoms with van der Waals surface area (Å²) in [7, 11) is 1.64. The summed E-state index contributed by atoms with van der Waals surface area (Å²) in [5, 5.41) is 12.5. The van der Waals surface area contributed by atoms with E-state index < -0.39 is 0 Å². The summed E-state index contributed by atoms with van der Waals surface area (Å²) in [6.45, 7) is 5.84. The molecule has 0 unspecified atom stereocenters. The molecule has 0 aliphatic carbocycles. The number of hydrogen-bond donors (Lipinski definition) is 1. The van der Waals surface area contributed by atoms with Gasteiger partial charge in [0.15, 0.2) is 0 Å². The van der Waals surface area contributed by atoms with E-state index in [0.717, 1.165) is 17.9 Å². The van der Waals surface area contributed by atoms with Crippen LogP contribution in [-0.4, -0.2) is 35.5 Å². The molecule has 0 saturated heterocycles. The summed E-state index contributed by atoms with van der Waals surface area (Å²) in [4.78, 5) is 2.27. The minimum absolute atomic E-state index is 0.432. The van der Waals surface area contributed by atoms with Crippen LogP contribution in [0.4, 0.5) is 0 Å². The molecule has 1 aliphatic rings. The van der Waals surface area contributed by atoms with Crippen LogP contribution in [0.25, 0.3) is 0 Å². The minimum atomic E-state index is 0.432. The maximum absolute atomic E-state index is 9.12. The number of benzene rings is 1. The van der Waals surface area contributed by atoms with Crippen LogP contribution in [-0.2, 0) is 6.54 Å². The van der Waals surface area contributed by atoms with Crippen molar-refractivity contribution in [2.45, 2.75) is 26.4 Å². The van der Waals surface area contributed by atoms with Crippen molar-refractivity contribution in [3.8, 4) is 5.75 Å². The van der Waals surface area contributed by atoms with Crippen LogP contribution < -0.4 is 4.74 Å². The Bertz CT molecular complexity index is 441. The average Bonchev–Trinajstić information content (AvgIpc) is 2.36. The zero-order chi connectivity index (χ0) is 12.4. The molecule has 0 amide bonds. The summed E-state index contributed by atoms with van der Waals surface area (Å²) >= 11 is 0. The zero-order valence-electron chi connectivity index (χ0n) is 10.5. The van der Waals surface area contributed by atoms with E-state index in [1.807, 2.05) is 18.2 Å². The van der Waals surface area contributed by atoms with Gasteiger partial charge in [-0.1, -0.05) is 11.2 Å². The van der Waals surface area contributed by atoms with Crippen molar-refractivity contribution in [1.29, 1.82) is 0 Å². The molecule has 4 heteroatoms. The van der Waals surface area contributed by atoms with Gasteiger partial charge in [-0.2, -0.15) is 0 Å². The maximum atomic E-state index is 9.12. The Hall–Kier alpha value is -1.55. The Morgan fingerprint density at radius 1 is 1.35 bits per heavy atom. The first kappa shape index (κ1) is 11.9. The molecule has 0 bridgehead atoms. The van der Waals surface area contributed by atoms with Crippen LogP contribution in [0.15, 0.2) is 23.4 Å². The highest BCUT2D eigenvalue weighted by molar-refractivity contribution is 6.04. The molecule has 17 heavy (non-hydrogen) atoms. The van der Waals surface area contributed by atoms with E-state index in [2.05, 4.69) is 23.9 Å². The molecule has 2 rings (SSSR count). The number of fused-ring (bicyclic) bond motifs is 1. The van der Waals surface area contributed by atoms with Gasteiger partial charge in [0.2, 0.25) is 0 Å². The Morgan fingerprint density at radius 2 is 2.12 bits per heavy atom. The van der Waals surface area contributed by atoms with Gasteiger partial charge in [0.1, 0.15) is 11.5 Å². The predicted octanol–water partition coefficient (Wildman–Crippen LogP) is 2.10. The second-order valence-electron chi connectivity index (χ2n) is 4.57. The molecule has 1 aliphatic heterocycles. The number of rotatable bonds is 2. The van der Waals surface area contributed by atoms with Crippen LogP contribution >= 0.6 is 0 Å². The predicted molar refractivity (Wildman–Crippen MR) is 66.9 cm³/mol. The fourth-order valence-electron chi connectivity index (χ4n) is 2.09. The maximum Gasteiger partial charge on any atom is 0.119 e. The van der Waals surface area contributed by atoms with Crippen molar-refractivity contribution >= 4 is 5.71 Å². The number of hydrogen-bond acceptors (Lipinski definition) is 4. The molecule has 4 nitrogen and oxygen atoms in total. The standard InChI is InChI=1S/C13H18N2O2/c1-9(2)15-7-10-4-5-11(17-3)6-12(10)13(8-15)14-16/h4-6,9,16H,7-8H2,1-3H3/b14-13+. The van der Waals surface area contributed by atoms with E-state index in [1.165, 1.54) is 5.56 Å². The van der Waals surface area contributed by atoms with Gasteiger partial charge in [0.25, 0.3) is 0 Å². The molecule has 1 N–H and O–H groups in total. The first-order valence-electron chi connectivity index (χ1n) is 5.78. The quantitative estimate of drug-likeness (QED) is 0.629. The highest BCUT2D eigenvalue weighted by Gasteiger charge is 2.24. The molecule has 0 radical (unpaired) electrons. The lowest BCUT2D eigenvalue weighted by molar-refractivity contribution is 0.233. The van der Waals surface area contributed by atoms with E-state index in [9.17, 15) is 0 Å². The van der Waals surface area contributed by atoms with Crippen molar-refractivity contribution in [2.75, 3.05) is 13.7 Å². The van der Waals surface area contributed by atoms with Crippen molar-refractivity contribution < 1.29 is 9.94 Å². The Morgan fingerprint density at radius 3 is 2.71 bits per heavy atom. The number of nitrogens with zero attached hydrogens (tertiary/aromatic N) is 2. The van der Waals surface area contributed by atoms with Crippen LogP contribution in [0.5, 0.6) is 5.75 Å². The summed E-state index contributed by atoms with van der Waals surface area (Å²) in [5.74, 6) is 0.794. The van der Waals surface area contributed by atoms with Gasteiger partial charge < -0.3 is 9.94 Å². The van der Waals surface area contributed by atoms with Crippen LogP contribution in [0.2, 0.25) is 0 Å². The van der Waals surface area contributed by atoms with Gasteiger partial charge in [0, 0.05) is 24.7 Å². The molecule has 0 fully saturated rings. The molecule has 0 aromatic heterocycles. The number of oxime groups is 1. The van der Waals surface area contributed by atoms with E-state index in [1.54, 1.807) is 7.11 Å². The van der Waals surface area contributed by atoms with Gasteiger partial charge in [-0.3, -0.25) is 4.90 Å². The molecule has 0 spiro atoms. The van der Waals surface area contributed by atoms with Crippen molar-refractivity contribution in [3.05, 3.63) is 29.3 Å². The molecular weight excluding hydrogens is 216 g/mol. The Labute approximate surface area is 101 Å². The van der Waals surface area contributed by atoms with Crippen molar-refractivity contribution in [1.82, 2.24) is 4.90 Å². The van der Waals surface area contributed by atoms with Crippen molar-refractivity contribution in [3.63, 3.8) is 0 Å². The van der Waals surface area contributed by atoms with Gasteiger partial charge in [0.05, 0.1) is 7.11 Å². The topological polar surface area (TPSA) is 45.1 Å². The molecule has 1 aromatic rings. The lowest BCUT2D eigenvalue weighted by Crippen LogP contribution is -2.39. The second kappa shape index (κ2) is 4.75. The molecule has 92 valence electrons. The molecule has 1 aromatic carbocycles. The first-order valence-corrected chi connectivity index (χ1v) is 5.78. The van der Waals surface area contributed by atoms with Crippen LogP contribution in [0, 0.1) is 0 Å². The highest BCUT2D eigenvalue weighted by atomic mass is 16.5. The normalized spacial score (nSPS) is 18.5. The third kappa shape index (κ3) is 2.26. The fraction of sp³-hybridized carbons (Fsp3) is 0.462. The van der Waals surface area contributed by atoms with E-state index in [0.29, 0.717) is 18.3 Å². The summed E-state index contributed by atoms with van der Waals surface area (Å²) in [5.41, 5.74) is 2.88. The monoisotopic (exact) mass is 234 g/mol. The average molecular weight is 234 g/mol. The Kier molecular flexibility index (Phi) is 3.33. The second-order valence-corrected chi connectivity index (χ2v) is 4.57. The summed E-state index contributed by atoms with van der Waals surface area (Å²) in [6, 6.07) is 6.34. The highest BCUT2D eigenvalue weighted by Crippen LogP contribution is 2.25. The van der Waals surface area contributed by atoms with Gasteiger partial charge in [-0.25, -0.2) is 0 Å². The SMILES string of the molecule is COc1ccc2c(c1)/C(=N/O)CN(C(C)C)C2. The third-order valence-electron chi connectivity index (χ3n) is 3.21. The summed E-state index contributed by atoms with van der Waals surface area (Å²) in [6.07, 6.45) is 0. The molecule has 1 heterocycles. The summed E-state index contributed by atoms with van der Waals surface area (Å²) < 4.78 is 5.20. The zero-order valence-corrected chi connectivity index (χ0v) is 10.5. The van der Waals surface area contributed by atoms with Crippen LogP contribution in [0.1, 0.15) is 25.0 Å². The van der Waals surface area contributed by atoms with Gasteiger partial charge in [-0.05, 0) is 31.5 Å². The van der Waals surface area contributed by atoms with E-state index in [4.69, 9.17) is 9.94 Å². The first-order chi connectivity index (χ1) is 8.15. The van der Waals surface area contributed by atoms with E-state index in [-0.39, 0.29) is 0 Å². The van der Waals surface area contributed by atoms with Crippen molar-refractivity contribution in [2.24, 2.45) is 5.16 Å². The molecule has 0 atom stereocenters. The molecule has 0 saturated carbocycles. The lowest BCUT2D eigenvalue weighted by atomic mass is 9.97. The van der Waals surface area contributed by atoms with Gasteiger partial charge in [-0.15, -0.1) is 0 Å². The smallest absolute Gasteiger partial charge is 0.119 e. The fourth-order valence-corrected chi connectivity index (χ4v) is 2.09. The lowest BCUT2D eigenvalue weighted by Gasteiger charge is -2.32. The minimum Gasteiger partial charge on any atom is -0.497 e. The largest absolute Gasteiger partial charge is 0.497 e. The van der Waals surface area contributed by atoms with E-state index >= 15 is 0 Å². The Balaban J connectivity index is 2.41.